The number of carbonyl (C=O) groups is 1. The minimum Gasteiger partial charge on any atom is -0.490 e. The fourth-order valence-electron chi connectivity index (χ4n) is 6.24. The molecular weight excluding hydrogens is 364 g/mol. The molecule has 2 unspecified atom stereocenters. The molecular formula is C20H26N2O4S. The zero-order valence-electron chi connectivity index (χ0n) is 15.6. The van der Waals surface area contributed by atoms with E-state index in [1.165, 1.54) is 6.26 Å². The molecule has 0 aromatic heterocycles. The Kier molecular flexibility index (Phi) is 3.77. The van der Waals surface area contributed by atoms with E-state index in [9.17, 15) is 13.2 Å². The van der Waals surface area contributed by atoms with Gasteiger partial charge in [-0.2, -0.15) is 0 Å². The molecule has 2 amide bonds. The van der Waals surface area contributed by atoms with Gasteiger partial charge < -0.3 is 10.1 Å². The van der Waals surface area contributed by atoms with Crippen LogP contribution < -0.4 is 15.0 Å². The van der Waals surface area contributed by atoms with Crippen LogP contribution in [0.3, 0.4) is 0 Å². The number of nitrogens with zero attached hydrogens (tertiary/aromatic N) is 1. The average Bonchev–Trinajstić information content (AvgIpc) is 2.62. The van der Waals surface area contributed by atoms with E-state index in [0.29, 0.717) is 31.9 Å². The van der Waals surface area contributed by atoms with Gasteiger partial charge in [0.1, 0.15) is 12.4 Å². The largest absolute Gasteiger partial charge is 0.490 e. The van der Waals surface area contributed by atoms with E-state index in [1.807, 2.05) is 24.3 Å². The molecule has 27 heavy (non-hydrogen) atoms. The van der Waals surface area contributed by atoms with Crippen LogP contribution in [0.2, 0.25) is 0 Å². The number of ether oxygens (including phenoxy) is 1. The highest BCUT2D eigenvalue weighted by molar-refractivity contribution is 7.92. The van der Waals surface area contributed by atoms with Crippen molar-refractivity contribution in [2.75, 3.05) is 24.3 Å². The standard InChI is InChI=1S/C20H26N2O4S/c1-27(24,25)20-10-13-8-14(11-20)18(15(9-13)12-20)21-19(23)22-6-7-26-17-5-3-2-4-16(17)22/h2-5,13-15,18H,6-12H2,1H3,(H,21,23). The fourth-order valence-corrected chi connectivity index (χ4v) is 7.81. The Morgan fingerprint density at radius 3 is 2.59 bits per heavy atom. The van der Waals surface area contributed by atoms with E-state index in [0.717, 1.165) is 30.7 Å². The van der Waals surface area contributed by atoms with Gasteiger partial charge >= 0.3 is 6.03 Å². The number of rotatable bonds is 2. The molecule has 0 saturated heterocycles. The van der Waals surface area contributed by atoms with Crippen molar-refractivity contribution in [3.05, 3.63) is 24.3 Å². The maximum Gasteiger partial charge on any atom is 0.322 e. The van der Waals surface area contributed by atoms with Gasteiger partial charge in [-0.3, -0.25) is 4.90 Å². The summed E-state index contributed by atoms with van der Waals surface area (Å²) in [5.74, 6) is 1.77. The van der Waals surface area contributed by atoms with E-state index in [1.54, 1.807) is 4.90 Å². The maximum atomic E-state index is 13.1. The highest BCUT2D eigenvalue weighted by Crippen LogP contribution is 2.58. The summed E-state index contributed by atoms with van der Waals surface area (Å²) >= 11 is 0. The Morgan fingerprint density at radius 2 is 1.89 bits per heavy atom. The van der Waals surface area contributed by atoms with E-state index >= 15 is 0 Å². The van der Waals surface area contributed by atoms with E-state index < -0.39 is 14.6 Å². The van der Waals surface area contributed by atoms with Crippen molar-refractivity contribution in [1.82, 2.24) is 5.32 Å². The van der Waals surface area contributed by atoms with Crippen LogP contribution in [0.5, 0.6) is 5.75 Å². The lowest BCUT2D eigenvalue weighted by molar-refractivity contribution is 0.00373. The number of benzene rings is 1. The molecule has 146 valence electrons. The SMILES string of the molecule is CS(=O)(=O)C12CC3CC(C1)C(NC(=O)N1CCOc4ccccc41)C(C3)C2. The lowest BCUT2D eigenvalue weighted by Crippen LogP contribution is -2.64. The van der Waals surface area contributed by atoms with Crippen LogP contribution in [0.25, 0.3) is 0 Å². The number of urea groups is 1. The van der Waals surface area contributed by atoms with Gasteiger partial charge in [0, 0.05) is 12.3 Å². The Balaban J connectivity index is 1.37. The molecule has 1 aromatic rings. The number of carbonyl (C=O) groups excluding carboxylic acids is 1. The summed E-state index contributed by atoms with van der Waals surface area (Å²) in [4.78, 5) is 14.8. The van der Waals surface area contributed by atoms with Crippen molar-refractivity contribution in [2.45, 2.75) is 42.9 Å². The third-order valence-electron chi connectivity index (χ3n) is 7.27. The van der Waals surface area contributed by atoms with E-state index in [2.05, 4.69) is 5.32 Å². The molecule has 4 aliphatic carbocycles. The Hall–Kier alpha value is -1.76. The molecule has 6 rings (SSSR count). The summed E-state index contributed by atoms with van der Waals surface area (Å²) in [6.07, 6.45) is 5.69. The second kappa shape index (κ2) is 5.87. The topological polar surface area (TPSA) is 75.7 Å². The third kappa shape index (κ3) is 2.65. The first-order valence-electron chi connectivity index (χ1n) is 9.86. The van der Waals surface area contributed by atoms with Crippen molar-refractivity contribution in [1.29, 1.82) is 0 Å². The minimum atomic E-state index is -3.07. The van der Waals surface area contributed by atoms with Crippen molar-refractivity contribution in [3.63, 3.8) is 0 Å². The summed E-state index contributed by atoms with van der Waals surface area (Å²) in [5, 5.41) is 3.28. The maximum absolute atomic E-state index is 13.1. The predicted molar refractivity (Wildman–Crippen MR) is 103 cm³/mol. The van der Waals surface area contributed by atoms with Gasteiger partial charge in [0.2, 0.25) is 0 Å². The van der Waals surface area contributed by atoms with Crippen LogP contribution in [0, 0.1) is 17.8 Å². The number of sulfone groups is 1. The number of nitrogens with one attached hydrogen (secondary N) is 1. The minimum absolute atomic E-state index is 0.0823. The number of anilines is 1. The zero-order valence-corrected chi connectivity index (χ0v) is 16.4. The van der Waals surface area contributed by atoms with Gasteiger partial charge in [0.25, 0.3) is 0 Å². The van der Waals surface area contributed by atoms with Crippen molar-refractivity contribution >= 4 is 21.6 Å². The molecule has 1 aromatic carbocycles. The second-order valence-corrected chi connectivity index (χ2v) is 11.3. The molecule has 4 fully saturated rings. The van der Waals surface area contributed by atoms with Crippen molar-refractivity contribution in [3.8, 4) is 5.75 Å². The lowest BCUT2D eigenvalue weighted by atomic mass is 9.53. The van der Waals surface area contributed by atoms with Gasteiger partial charge in [0.15, 0.2) is 9.84 Å². The van der Waals surface area contributed by atoms with Crippen molar-refractivity contribution in [2.24, 2.45) is 17.8 Å². The molecule has 0 radical (unpaired) electrons. The van der Waals surface area contributed by atoms with Gasteiger partial charge in [-0.05, 0) is 62.0 Å². The second-order valence-electron chi connectivity index (χ2n) is 8.87. The summed E-state index contributed by atoms with van der Waals surface area (Å²) in [5.41, 5.74) is 0.803. The molecule has 6 nitrogen and oxygen atoms in total. The number of para-hydroxylation sites is 2. The molecule has 1 aliphatic heterocycles. The molecule has 4 saturated carbocycles. The average molecular weight is 391 g/mol. The van der Waals surface area contributed by atoms with E-state index in [-0.39, 0.29) is 23.9 Å². The lowest BCUT2D eigenvalue weighted by Gasteiger charge is -2.59. The molecule has 1 N–H and O–H groups in total. The van der Waals surface area contributed by atoms with Gasteiger partial charge in [-0.15, -0.1) is 0 Å². The summed E-state index contributed by atoms with van der Waals surface area (Å²) < 4.78 is 30.1. The molecule has 0 spiro atoms. The highest BCUT2D eigenvalue weighted by atomic mass is 32.2. The molecule has 4 bridgehead atoms. The Labute approximate surface area is 160 Å². The van der Waals surface area contributed by atoms with Crippen LogP contribution in [0.4, 0.5) is 10.5 Å². The van der Waals surface area contributed by atoms with Crippen LogP contribution in [-0.2, 0) is 9.84 Å². The van der Waals surface area contributed by atoms with Gasteiger partial charge in [-0.25, -0.2) is 13.2 Å². The van der Waals surface area contributed by atoms with Crippen molar-refractivity contribution < 1.29 is 17.9 Å². The Morgan fingerprint density at radius 1 is 1.19 bits per heavy atom. The van der Waals surface area contributed by atoms with Crippen LogP contribution in [0.15, 0.2) is 24.3 Å². The van der Waals surface area contributed by atoms with Crippen LogP contribution in [-0.4, -0.2) is 44.6 Å². The first kappa shape index (κ1) is 17.3. The number of amides is 2. The molecule has 7 heteroatoms. The Bertz CT molecular complexity index is 868. The van der Waals surface area contributed by atoms with Crippen LogP contribution >= 0.6 is 0 Å². The first-order valence-corrected chi connectivity index (χ1v) is 11.7. The third-order valence-corrected chi connectivity index (χ3v) is 9.34. The first-order chi connectivity index (χ1) is 12.9. The fraction of sp³-hybridized carbons (Fsp3) is 0.650. The van der Waals surface area contributed by atoms with Gasteiger partial charge in [-0.1, -0.05) is 12.1 Å². The highest BCUT2D eigenvalue weighted by Gasteiger charge is 2.59. The number of fused-ring (bicyclic) bond motifs is 1. The van der Waals surface area contributed by atoms with Crippen LogP contribution in [0.1, 0.15) is 32.1 Å². The monoisotopic (exact) mass is 390 g/mol. The molecule has 2 atom stereocenters. The predicted octanol–water partition coefficient (Wildman–Crippen LogP) is 2.59. The van der Waals surface area contributed by atoms with E-state index in [4.69, 9.17) is 4.74 Å². The number of hydrogen-bond donors (Lipinski definition) is 1. The molecule has 5 aliphatic rings. The smallest absolute Gasteiger partial charge is 0.322 e. The summed E-state index contributed by atoms with van der Waals surface area (Å²) in [6, 6.07) is 7.60. The molecule has 1 heterocycles. The summed E-state index contributed by atoms with van der Waals surface area (Å²) in [7, 11) is -3.07. The quantitative estimate of drug-likeness (QED) is 0.842. The zero-order chi connectivity index (χ0) is 18.8. The van der Waals surface area contributed by atoms with Gasteiger partial charge in [0.05, 0.1) is 17.0 Å². The number of hydrogen-bond acceptors (Lipinski definition) is 4. The summed E-state index contributed by atoms with van der Waals surface area (Å²) in [6.45, 7) is 1.02. The normalized spacial score (nSPS) is 36.9.